The highest BCUT2D eigenvalue weighted by Crippen LogP contribution is 2.32. The van der Waals surface area contributed by atoms with Gasteiger partial charge in [-0.05, 0) is 31.0 Å². The number of hydrogen-bond acceptors (Lipinski definition) is 5. The number of ether oxygens (including phenoxy) is 2. The van der Waals surface area contributed by atoms with E-state index in [-0.39, 0.29) is 29.4 Å². The third kappa shape index (κ3) is 6.02. The van der Waals surface area contributed by atoms with Gasteiger partial charge >= 0.3 is 0 Å². The van der Waals surface area contributed by atoms with Gasteiger partial charge in [0.05, 0.1) is 6.20 Å². The zero-order valence-corrected chi connectivity index (χ0v) is 19.2. The number of fused-ring (bicyclic) bond motifs is 1. The second-order valence-corrected chi connectivity index (χ2v) is 7.43. The summed E-state index contributed by atoms with van der Waals surface area (Å²) in [5, 5.41) is 6.58. The van der Waals surface area contributed by atoms with Gasteiger partial charge in [0, 0.05) is 18.5 Å². The Balaban J connectivity index is 0.00000280. The molecular formula is C20H29IN4O3. The summed E-state index contributed by atoms with van der Waals surface area (Å²) in [4.78, 5) is 8.88. The number of nitrogens with zero attached hydrogens (tertiary/aromatic N) is 2. The van der Waals surface area contributed by atoms with Crippen LogP contribution in [0.4, 0.5) is 0 Å². The molecule has 2 N–H and O–H groups in total. The molecule has 1 aliphatic rings. The lowest BCUT2D eigenvalue weighted by Gasteiger charge is -2.13. The Morgan fingerprint density at radius 1 is 1.18 bits per heavy atom. The van der Waals surface area contributed by atoms with Crippen LogP contribution in [0.25, 0.3) is 0 Å². The Morgan fingerprint density at radius 3 is 2.68 bits per heavy atom. The summed E-state index contributed by atoms with van der Waals surface area (Å²) in [6, 6.07) is 6.03. The second kappa shape index (κ2) is 9.99. The summed E-state index contributed by atoms with van der Waals surface area (Å²) in [6.45, 7) is 10.6. The molecule has 0 radical (unpaired) electrons. The Bertz CT molecular complexity index is 799. The van der Waals surface area contributed by atoms with E-state index in [1.807, 2.05) is 19.1 Å². The van der Waals surface area contributed by atoms with Crippen molar-refractivity contribution in [2.24, 2.45) is 4.99 Å². The molecule has 0 aliphatic carbocycles. The van der Waals surface area contributed by atoms with Crippen LogP contribution in [0.5, 0.6) is 11.5 Å². The van der Waals surface area contributed by atoms with Gasteiger partial charge in [-0.2, -0.15) is 0 Å². The normalized spacial score (nSPS) is 13.2. The van der Waals surface area contributed by atoms with Crippen LogP contribution in [0.3, 0.4) is 0 Å². The number of oxazole rings is 1. The zero-order chi connectivity index (χ0) is 19.3. The summed E-state index contributed by atoms with van der Waals surface area (Å²) < 4.78 is 16.6. The van der Waals surface area contributed by atoms with Crippen molar-refractivity contribution in [1.29, 1.82) is 0 Å². The SMILES string of the molecule is CCNC(=NCc1ncc(C(C)(C)C)o1)NCCc1ccc2c(c1)OCO2.I. The molecule has 0 saturated carbocycles. The maximum Gasteiger partial charge on any atom is 0.231 e. The van der Waals surface area contributed by atoms with Gasteiger partial charge in [0.25, 0.3) is 0 Å². The minimum atomic E-state index is -0.0532. The number of aliphatic imine (C=N–C) groups is 1. The molecule has 8 heteroatoms. The van der Waals surface area contributed by atoms with Crippen LogP contribution in [0, 0.1) is 0 Å². The van der Waals surface area contributed by atoms with Crippen LogP contribution in [-0.4, -0.2) is 30.8 Å². The molecule has 0 bridgehead atoms. The van der Waals surface area contributed by atoms with E-state index >= 15 is 0 Å². The van der Waals surface area contributed by atoms with E-state index in [1.54, 1.807) is 6.20 Å². The van der Waals surface area contributed by atoms with Crippen molar-refractivity contribution in [1.82, 2.24) is 15.6 Å². The summed E-state index contributed by atoms with van der Waals surface area (Å²) in [7, 11) is 0. The first-order valence-corrected chi connectivity index (χ1v) is 9.31. The summed E-state index contributed by atoms with van der Waals surface area (Å²) >= 11 is 0. The number of benzene rings is 1. The van der Waals surface area contributed by atoms with Crippen molar-refractivity contribution in [3.05, 3.63) is 41.6 Å². The Labute approximate surface area is 183 Å². The highest BCUT2D eigenvalue weighted by atomic mass is 127. The molecule has 2 aromatic rings. The van der Waals surface area contributed by atoms with Gasteiger partial charge in [-0.25, -0.2) is 9.98 Å². The number of aromatic nitrogens is 1. The predicted molar refractivity (Wildman–Crippen MR) is 120 cm³/mol. The molecule has 1 aromatic heterocycles. The van der Waals surface area contributed by atoms with E-state index < -0.39 is 0 Å². The zero-order valence-electron chi connectivity index (χ0n) is 16.9. The molecule has 154 valence electrons. The third-order valence-electron chi connectivity index (χ3n) is 4.15. The van der Waals surface area contributed by atoms with Gasteiger partial charge in [0.2, 0.25) is 12.7 Å². The van der Waals surface area contributed by atoms with Crippen LogP contribution in [-0.2, 0) is 18.4 Å². The Morgan fingerprint density at radius 2 is 1.96 bits per heavy atom. The molecule has 3 rings (SSSR count). The number of guanidine groups is 1. The summed E-state index contributed by atoms with van der Waals surface area (Å²) in [5.41, 5.74) is 1.13. The molecule has 0 spiro atoms. The fraction of sp³-hybridized carbons (Fsp3) is 0.500. The molecule has 0 saturated heterocycles. The molecule has 2 heterocycles. The van der Waals surface area contributed by atoms with Crippen molar-refractivity contribution in [2.45, 2.75) is 46.1 Å². The summed E-state index contributed by atoms with van der Waals surface area (Å²) in [6.07, 6.45) is 2.64. The average molecular weight is 500 g/mol. The lowest BCUT2D eigenvalue weighted by atomic mass is 9.94. The molecule has 0 atom stereocenters. The monoisotopic (exact) mass is 500 g/mol. The minimum Gasteiger partial charge on any atom is -0.454 e. The molecule has 0 unspecified atom stereocenters. The van der Waals surface area contributed by atoms with Crippen LogP contribution >= 0.6 is 24.0 Å². The first-order chi connectivity index (χ1) is 13.0. The molecule has 28 heavy (non-hydrogen) atoms. The van der Waals surface area contributed by atoms with Crippen molar-refractivity contribution in [3.8, 4) is 11.5 Å². The van der Waals surface area contributed by atoms with Gasteiger partial charge in [-0.15, -0.1) is 24.0 Å². The number of nitrogens with one attached hydrogen (secondary N) is 2. The van der Waals surface area contributed by atoms with Crippen molar-refractivity contribution < 1.29 is 13.9 Å². The van der Waals surface area contributed by atoms with Crippen molar-refractivity contribution in [2.75, 3.05) is 19.9 Å². The number of halogens is 1. The number of hydrogen-bond donors (Lipinski definition) is 2. The number of rotatable bonds is 6. The van der Waals surface area contributed by atoms with Crippen LogP contribution < -0.4 is 20.1 Å². The average Bonchev–Trinajstić information content (AvgIpc) is 3.28. The first kappa shape index (κ1) is 22.3. The lowest BCUT2D eigenvalue weighted by molar-refractivity contribution is 0.174. The molecule has 1 aromatic carbocycles. The van der Waals surface area contributed by atoms with E-state index in [0.29, 0.717) is 19.2 Å². The third-order valence-corrected chi connectivity index (χ3v) is 4.15. The molecular weight excluding hydrogens is 471 g/mol. The van der Waals surface area contributed by atoms with Gasteiger partial charge in [-0.1, -0.05) is 26.8 Å². The fourth-order valence-electron chi connectivity index (χ4n) is 2.64. The smallest absolute Gasteiger partial charge is 0.231 e. The highest BCUT2D eigenvalue weighted by molar-refractivity contribution is 14.0. The van der Waals surface area contributed by atoms with E-state index in [2.05, 4.69) is 47.4 Å². The van der Waals surface area contributed by atoms with Crippen LogP contribution in [0.15, 0.2) is 33.8 Å². The van der Waals surface area contributed by atoms with Gasteiger partial charge < -0.3 is 24.5 Å². The maximum atomic E-state index is 5.79. The Kier molecular flexibility index (Phi) is 7.97. The quantitative estimate of drug-likeness (QED) is 0.359. The second-order valence-electron chi connectivity index (χ2n) is 7.43. The predicted octanol–water partition coefficient (Wildman–Crippen LogP) is 3.62. The first-order valence-electron chi connectivity index (χ1n) is 9.31. The molecule has 1 aliphatic heterocycles. The van der Waals surface area contributed by atoms with E-state index in [0.717, 1.165) is 42.7 Å². The van der Waals surface area contributed by atoms with E-state index in [1.165, 1.54) is 5.56 Å². The van der Waals surface area contributed by atoms with Crippen molar-refractivity contribution >= 4 is 29.9 Å². The topological polar surface area (TPSA) is 80.9 Å². The standard InChI is InChI=1S/C20H28N4O3.HI/c1-5-21-19(24-12-18-23-11-17(27-18)20(2,3)4)22-9-8-14-6-7-15-16(10-14)26-13-25-15;/h6-7,10-11H,5,8-9,12-13H2,1-4H3,(H2,21,22,24);1H. The van der Waals surface area contributed by atoms with E-state index in [9.17, 15) is 0 Å². The lowest BCUT2D eigenvalue weighted by Crippen LogP contribution is -2.38. The fourth-order valence-corrected chi connectivity index (χ4v) is 2.64. The van der Waals surface area contributed by atoms with E-state index in [4.69, 9.17) is 13.9 Å². The van der Waals surface area contributed by atoms with Crippen LogP contribution in [0.2, 0.25) is 0 Å². The highest BCUT2D eigenvalue weighted by Gasteiger charge is 2.19. The largest absolute Gasteiger partial charge is 0.454 e. The molecule has 0 amide bonds. The van der Waals surface area contributed by atoms with Crippen molar-refractivity contribution in [3.63, 3.8) is 0 Å². The minimum absolute atomic E-state index is 0. The van der Waals surface area contributed by atoms with Gasteiger partial charge in [0.1, 0.15) is 12.3 Å². The summed E-state index contributed by atoms with van der Waals surface area (Å²) in [5.74, 6) is 3.85. The Hall–Kier alpha value is -1.97. The molecule has 0 fully saturated rings. The van der Waals surface area contributed by atoms with Gasteiger partial charge in [-0.3, -0.25) is 0 Å². The van der Waals surface area contributed by atoms with Crippen LogP contribution in [0.1, 0.15) is 44.9 Å². The maximum absolute atomic E-state index is 5.79. The molecule has 7 nitrogen and oxygen atoms in total. The van der Waals surface area contributed by atoms with Gasteiger partial charge in [0.15, 0.2) is 17.5 Å².